The van der Waals surface area contributed by atoms with Crippen molar-refractivity contribution < 1.29 is 19.5 Å². The highest BCUT2D eigenvalue weighted by Gasteiger charge is 2.15. The summed E-state index contributed by atoms with van der Waals surface area (Å²) < 4.78 is 5.20. The van der Waals surface area contributed by atoms with Crippen molar-refractivity contribution in [3.8, 4) is 5.75 Å². The van der Waals surface area contributed by atoms with Crippen LogP contribution in [0.5, 0.6) is 5.75 Å². The van der Waals surface area contributed by atoms with Crippen LogP contribution in [0.15, 0.2) is 78.5 Å². The van der Waals surface area contributed by atoms with Crippen LogP contribution in [0, 0.1) is 0 Å². The molecule has 3 aromatic rings. The summed E-state index contributed by atoms with van der Waals surface area (Å²) in [5, 5.41) is 12.8. The number of carboxylic acid groups (broad SMARTS) is 1. The minimum absolute atomic E-state index is 0.358. The fourth-order valence-electron chi connectivity index (χ4n) is 2.70. The lowest BCUT2D eigenvalue weighted by Crippen LogP contribution is -2.09. The second-order valence-electron chi connectivity index (χ2n) is 6.21. The van der Waals surface area contributed by atoms with E-state index >= 15 is 0 Å². The first kappa shape index (κ1) is 20.0. The zero-order valence-corrected chi connectivity index (χ0v) is 15.7. The Morgan fingerprint density at radius 1 is 1.07 bits per heavy atom. The number of pyridine rings is 2. The van der Waals surface area contributed by atoms with Crippen LogP contribution in [0.4, 0.5) is 0 Å². The van der Waals surface area contributed by atoms with E-state index in [4.69, 9.17) is 14.7 Å². The fraction of sp³-hybridized carbons (Fsp3) is 0.182. The van der Waals surface area contributed by atoms with E-state index in [2.05, 4.69) is 15.1 Å². The van der Waals surface area contributed by atoms with Gasteiger partial charge in [0.25, 0.3) is 0 Å². The van der Waals surface area contributed by atoms with Gasteiger partial charge in [0, 0.05) is 42.1 Å². The minimum Gasteiger partial charge on any atom is -0.482 e. The quantitative estimate of drug-likeness (QED) is 0.419. The van der Waals surface area contributed by atoms with E-state index in [1.807, 2.05) is 42.5 Å². The van der Waals surface area contributed by atoms with Crippen LogP contribution < -0.4 is 4.74 Å². The minimum atomic E-state index is -1.00. The van der Waals surface area contributed by atoms with Crippen molar-refractivity contribution in [1.29, 1.82) is 0 Å². The first-order chi connectivity index (χ1) is 14.2. The van der Waals surface area contributed by atoms with Gasteiger partial charge in [-0.25, -0.2) is 4.79 Å². The molecule has 29 heavy (non-hydrogen) atoms. The zero-order valence-electron chi connectivity index (χ0n) is 15.7. The van der Waals surface area contributed by atoms with Crippen LogP contribution in [0.3, 0.4) is 0 Å². The van der Waals surface area contributed by atoms with Crippen LogP contribution in [0.2, 0.25) is 0 Å². The molecule has 0 aliphatic rings. The summed E-state index contributed by atoms with van der Waals surface area (Å²) in [4.78, 5) is 24.6. The lowest BCUT2D eigenvalue weighted by atomic mass is 10.1. The van der Waals surface area contributed by atoms with Crippen LogP contribution in [0.25, 0.3) is 0 Å². The second kappa shape index (κ2) is 10.6. The molecule has 7 heteroatoms. The first-order valence-electron chi connectivity index (χ1n) is 9.13. The summed E-state index contributed by atoms with van der Waals surface area (Å²) in [6, 6.07) is 14.9. The van der Waals surface area contributed by atoms with Crippen LogP contribution in [-0.4, -0.2) is 33.9 Å². The SMILES string of the molecule is O=C(O)COc1cccc(CC/C=N\OC(c2cccnc2)c2cccnc2)c1. The Hall–Kier alpha value is -3.74. The second-order valence-corrected chi connectivity index (χ2v) is 6.21. The van der Waals surface area contributed by atoms with Gasteiger partial charge in [0.05, 0.1) is 0 Å². The number of hydrogen-bond donors (Lipinski definition) is 1. The lowest BCUT2D eigenvalue weighted by molar-refractivity contribution is -0.139. The van der Waals surface area contributed by atoms with Gasteiger partial charge in [-0.05, 0) is 42.7 Å². The van der Waals surface area contributed by atoms with Gasteiger partial charge in [0.1, 0.15) is 5.75 Å². The average Bonchev–Trinajstić information content (AvgIpc) is 2.76. The third-order valence-electron chi connectivity index (χ3n) is 4.04. The summed E-state index contributed by atoms with van der Waals surface area (Å²) in [5.41, 5.74) is 2.80. The molecule has 1 aromatic carbocycles. The maximum atomic E-state index is 10.6. The molecule has 148 valence electrons. The van der Waals surface area contributed by atoms with Crippen molar-refractivity contribution in [2.45, 2.75) is 18.9 Å². The number of rotatable bonds is 10. The Bertz CT molecular complexity index is 894. The number of ether oxygens (including phenoxy) is 1. The number of hydrogen-bond acceptors (Lipinski definition) is 6. The van der Waals surface area contributed by atoms with E-state index < -0.39 is 5.97 Å². The zero-order chi connectivity index (χ0) is 20.3. The maximum absolute atomic E-state index is 10.6. The molecule has 0 saturated carbocycles. The number of oxime groups is 1. The molecule has 0 fully saturated rings. The molecule has 0 atom stereocenters. The molecule has 1 N–H and O–H groups in total. The Balaban J connectivity index is 1.57. The Kier molecular flexibility index (Phi) is 7.28. The predicted octanol–water partition coefficient (Wildman–Crippen LogP) is 3.66. The number of aryl methyl sites for hydroxylation is 1. The average molecular weight is 391 g/mol. The highest BCUT2D eigenvalue weighted by Crippen LogP contribution is 2.24. The molecule has 0 aliphatic heterocycles. The number of aliphatic carboxylic acids is 1. The molecule has 0 unspecified atom stereocenters. The third-order valence-corrected chi connectivity index (χ3v) is 4.04. The van der Waals surface area contributed by atoms with Crippen molar-refractivity contribution in [2.24, 2.45) is 5.16 Å². The molecule has 3 rings (SSSR count). The number of carboxylic acids is 1. The van der Waals surface area contributed by atoms with Crippen LogP contribution in [0.1, 0.15) is 29.2 Å². The molecule has 2 heterocycles. The van der Waals surface area contributed by atoms with Crippen molar-refractivity contribution >= 4 is 12.2 Å². The topological polar surface area (TPSA) is 93.9 Å². The van der Waals surface area contributed by atoms with E-state index in [-0.39, 0.29) is 12.7 Å². The predicted molar refractivity (Wildman–Crippen MR) is 108 cm³/mol. The molecule has 2 aromatic heterocycles. The normalized spacial score (nSPS) is 10.9. The lowest BCUT2D eigenvalue weighted by Gasteiger charge is -2.14. The van der Waals surface area contributed by atoms with Crippen LogP contribution >= 0.6 is 0 Å². The molecule has 0 spiro atoms. The van der Waals surface area contributed by atoms with Gasteiger partial charge in [-0.3, -0.25) is 9.97 Å². The summed E-state index contributed by atoms with van der Waals surface area (Å²) in [6.45, 7) is -0.358. The van der Waals surface area contributed by atoms with Crippen molar-refractivity contribution in [3.63, 3.8) is 0 Å². The van der Waals surface area contributed by atoms with E-state index in [0.717, 1.165) is 23.1 Å². The Labute approximate surface area is 168 Å². The Morgan fingerprint density at radius 2 is 1.79 bits per heavy atom. The van der Waals surface area contributed by atoms with Gasteiger partial charge < -0.3 is 14.7 Å². The highest BCUT2D eigenvalue weighted by atomic mass is 16.6. The highest BCUT2D eigenvalue weighted by molar-refractivity contribution is 5.68. The van der Waals surface area contributed by atoms with Crippen molar-refractivity contribution in [2.75, 3.05) is 6.61 Å². The molecule has 0 bridgehead atoms. The summed E-state index contributed by atoms with van der Waals surface area (Å²) >= 11 is 0. The number of aromatic nitrogens is 2. The molecule has 7 nitrogen and oxygen atoms in total. The number of benzene rings is 1. The summed E-state index contributed by atoms with van der Waals surface area (Å²) in [7, 11) is 0. The number of nitrogens with zero attached hydrogens (tertiary/aromatic N) is 3. The van der Waals surface area contributed by atoms with Crippen LogP contribution in [-0.2, 0) is 16.1 Å². The molecule has 0 radical (unpaired) electrons. The molecule has 0 aliphatic carbocycles. The van der Waals surface area contributed by atoms with Gasteiger partial charge >= 0.3 is 5.97 Å². The van der Waals surface area contributed by atoms with Gasteiger partial charge in [-0.2, -0.15) is 0 Å². The maximum Gasteiger partial charge on any atom is 0.341 e. The Morgan fingerprint density at radius 3 is 2.41 bits per heavy atom. The third kappa shape index (κ3) is 6.42. The largest absolute Gasteiger partial charge is 0.482 e. The van der Waals surface area contributed by atoms with Gasteiger partial charge in [0.15, 0.2) is 12.7 Å². The molecule has 0 saturated heterocycles. The van der Waals surface area contributed by atoms with Gasteiger partial charge in [0.2, 0.25) is 0 Å². The van der Waals surface area contributed by atoms with E-state index in [1.54, 1.807) is 37.1 Å². The summed E-state index contributed by atoms with van der Waals surface area (Å²) in [6.07, 6.45) is 9.62. The van der Waals surface area contributed by atoms with Crippen molar-refractivity contribution in [3.05, 3.63) is 90.0 Å². The fourth-order valence-corrected chi connectivity index (χ4v) is 2.70. The first-order valence-corrected chi connectivity index (χ1v) is 9.13. The monoisotopic (exact) mass is 391 g/mol. The molecular weight excluding hydrogens is 370 g/mol. The standard InChI is InChI=1S/C22H21N3O4/c26-21(27)16-28-20-9-1-5-17(13-20)6-2-12-25-29-22(18-7-3-10-23-14-18)19-8-4-11-24-15-19/h1,3-5,7-15,22H,2,6,16H2,(H,26,27)/b25-12-. The number of carbonyl (C=O) groups is 1. The van der Waals surface area contributed by atoms with Gasteiger partial charge in [-0.1, -0.05) is 29.4 Å². The molecular formula is C22H21N3O4. The smallest absolute Gasteiger partial charge is 0.341 e. The van der Waals surface area contributed by atoms with Gasteiger partial charge in [-0.15, -0.1) is 0 Å². The van der Waals surface area contributed by atoms with Crippen molar-refractivity contribution in [1.82, 2.24) is 9.97 Å². The summed E-state index contributed by atoms with van der Waals surface area (Å²) in [5.74, 6) is -0.470. The molecule has 0 amide bonds. The van der Waals surface area contributed by atoms with E-state index in [9.17, 15) is 4.79 Å². The van der Waals surface area contributed by atoms with E-state index in [0.29, 0.717) is 12.2 Å². The van der Waals surface area contributed by atoms with E-state index in [1.165, 1.54) is 0 Å².